The number of aromatic nitrogens is 2. The molecule has 0 amide bonds. The fraction of sp³-hybridized carbons (Fsp3) is 0.174. The molecule has 0 N–H and O–H groups in total. The van der Waals surface area contributed by atoms with Crippen LogP contribution in [0.5, 0.6) is 0 Å². The Morgan fingerprint density at radius 2 is 1.64 bits per heavy atom. The van der Waals surface area contributed by atoms with E-state index in [1.54, 1.807) is 22.8 Å². The first-order valence-electron chi connectivity index (χ1n) is 9.22. The average Bonchev–Trinajstić information content (AvgIpc) is 2.97. The Kier molecular flexibility index (Phi) is 3.29. The second-order valence-corrected chi connectivity index (χ2v) is 8.02. The van der Waals surface area contributed by atoms with Gasteiger partial charge in [0.2, 0.25) is 0 Å². The minimum absolute atomic E-state index is 0.00311. The molecule has 138 valence electrons. The summed E-state index contributed by atoms with van der Waals surface area (Å²) in [6.07, 6.45) is 4.04. The van der Waals surface area contributed by atoms with Crippen LogP contribution in [0, 0.1) is 5.41 Å². The average molecular weight is 370 g/mol. The lowest BCUT2D eigenvalue weighted by molar-refractivity contribution is 0.0948. The van der Waals surface area contributed by atoms with Crippen LogP contribution in [0.4, 0.5) is 0 Å². The molecule has 0 spiro atoms. The maximum Gasteiger partial charge on any atom is 0.278 e. The highest BCUT2D eigenvalue weighted by atomic mass is 16.1. The zero-order chi connectivity index (χ0) is 19.6. The van der Waals surface area contributed by atoms with Crippen LogP contribution in [-0.4, -0.2) is 14.8 Å². The first-order valence-corrected chi connectivity index (χ1v) is 9.22. The normalized spacial score (nSPS) is 15.6. The van der Waals surface area contributed by atoms with Gasteiger partial charge in [0.05, 0.1) is 27.4 Å². The van der Waals surface area contributed by atoms with E-state index in [0.717, 1.165) is 5.56 Å². The van der Waals surface area contributed by atoms with E-state index >= 15 is 0 Å². The van der Waals surface area contributed by atoms with Gasteiger partial charge in [-0.2, -0.15) is 0 Å². The van der Waals surface area contributed by atoms with Crippen LogP contribution in [0.3, 0.4) is 0 Å². The molecule has 0 atom stereocenters. The maximum absolute atomic E-state index is 13.3. The van der Waals surface area contributed by atoms with Crippen molar-refractivity contribution in [3.8, 4) is 11.3 Å². The Balaban J connectivity index is 2.12. The number of Topliss-reactive ketones (excluding diaryl/α,β-unsaturated/α-hetero) is 1. The number of fused-ring (bicyclic) bond motifs is 4. The quantitative estimate of drug-likeness (QED) is 0.518. The molecular weight excluding hydrogens is 352 g/mol. The topological polar surface area (TPSA) is 60.0 Å². The van der Waals surface area contributed by atoms with Crippen molar-refractivity contribution in [1.29, 1.82) is 0 Å². The Labute approximate surface area is 160 Å². The number of carbonyl (C=O) groups excluding carboxylic acids is 1. The summed E-state index contributed by atoms with van der Waals surface area (Å²) < 4.78 is 3.19. The Morgan fingerprint density at radius 3 is 2.39 bits per heavy atom. The van der Waals surface area contributed by atoms with Crippen LogP contribution < -0.4 is 16.3 Å². The number of carbonyl (C=O) groups is 1. The van der Waals surface area contributed by atoms with E-state index in [2.05, 4.69) is 0 Å². The van der Waals surface area contributed by atoms with Crippen molar-refractivity contribution >= 4 is 22.6 Å². The molecule has 2 aromatic heterocycles. The summed E-state index contributed by atoms with van der Waals surface area (Å²) in [5.41, 5.74) is 1.16. The molecule has 5 rings (SSSR count). The number of nitrogens with zero attached hydrogens (tertiary/aromatic N) is 2. The fourth-order valence-electron chi connectivity index (χ4n) is 4.19. The molecule has 5 heteroatoms. The number of ketones is 1. The third-order valence-corrected chi connectivity index (χ3v) is 5.38. The van der Waals surface area contributed by atoms with Crippen molar-refractivity contribution in [2.24, 2.45) is 5.41 Å². The van der Waals surface area contributed by atoms with E-state index in [1.165, 1.54) is 10.6 Å². The number of rotatable bonds is 1. The van der Waals surface area contributed by atoms with E-state index in [-0.39, 0.29) is 22.2 Å². The number of hydrogen-bond acceptors (Lipinski definition) is 3. The highest BCUT2D eigenvalue weighted by Gasteiger charge is 2.32. The summed E-state index contributed by atoms with van der Waals surface area (Å²) >= 11 is 0. The molecule has 4 aromatic rings. The smallest absolute Gasteiger partial charge is 0.278 e. The lowest BCUT2D eigenvalue weighted by atomic mass is 9.80. The van der Waals surface area contributed by atoms with Crippen LogP contribution in [0.1, 0.15) is 30.6 Å². The second kappa shape index (κ2) is 5.52. The Morgan fingerprint density at radius 1 is 0.893 bits per heavy atom. The number of hydrogen-bond donors (Lipinski definition) is 0. The largest absolute Gasteiger partial charge is 0.294 e. The highest BCUT2D eigenvalue weighted by molar-refractivity contribution is 6.04. The van der Waals surface area contributed by atoms with E-state index in [9.17, 15) is 14.4 Å². The molecule has 5 nitrogen and oxygen atoms in total. The molecule has 0 saturated carbocycles. The van der Waals surface area contributed by atoms with E-state index in [4.69, 9.17) is 0 Å². The Hall–Kier alpha value is -3.47. The van der Waals surface area contributed by atoms with Gasteiger partial charge in [-0.3, -0.25) is 18.9 Å². The van der Waals surface area contributed by atoms with Gasteiger partial charge in [0.25, 0.3) is 5.56 Å². The Bertz CT molecular complexity index is 1460. The molecule has 1 aliphatic carbocycles. The summed E-state index contributed by atoms with van der Waals surface area (Å²) in [6.45, 7) is 3.97. The molecule has 28 heavy (non-hydrogen) atoms. The van der Waals surface area contributed by atoms with Gasteiger partial charge in [0.15, 0.2) is 11.2 Å². The van der Waals surface area contributed by atoms with E-state index in [1.807, 2.05) is 50.3 Å². The molecule has 0 unspecified atom stereocenters. The predicted molar refractivity (Wildman–Crippen MR) is 109 cm³/mol. The molecule has 2 heterocycles. The summed E-state index contributed by atoms with van der Waals surface area (Å²) in [4.78, 5) is 38.9. The van der Waals surface area contributed by atoms with Crippen LogP contribution in [0.2, 0.25) is 0 Å². The predicted octanol–water partition coefficient (Wildman–Crippen LogP) is 2.69. The van der Waals surface area contributed by atoms with Crippen molar-refractivity contribution in [1.82, 2.24) is 9.03 Å². The van der Waals surface area contributed by atoms with Crippen molar-refractivity contribution in [3.05, 3.63) is 86.2 Å². The first kappa shape index (κ1) is 16.7. The van der Waals surface area contributed by atoms with Gasteiger partial charge >= 0.3 is 0 Å². The van der Waals surface area contributed by atoms with Gasteiger partial charge in [-0.1, -0.05) is 56.3 Å². The summed E-state index contributed by atoms with van der Waals surface area (Å²) in [6, 6.07) is 14.2. The molecule has 2 aromatic carbocycles. The second-order valence-electron chi connectivity index (χ2n) is 8.02. The molecule has 0 saturated heterocycles. The van der Waals surface area contributed by atoms with Crippen LogP contribution >= 0.6 is 0 Å². The minimum atomic E-state index is -0.353. The van der Waals surface area contributed by atoms with Gasteiger partial charge in [-0.05, 0) is 17.5 Å². The van der Waals surface area contributed by atoms with Gasteiger partial charge < -0.3 is 0 Å². The monoisotopic (exact) mass is 370 g/mol. The van der Waals surface area contributed by atoms with Crippen LogP contribution in [0.25, 0.3) is 28.1 Å². The SMILES string of the molecule is CC1(C)C=c2c(c(-c3ccccc3)n3cc4c(=O)cccc4c(=O)n23)C(=O)C1. The number of benzene rings is 2. The standard InChI is InChI=1S/C23H18N2O3/c1-23(2)11-17-20(19(27)12-23)21(14-7-4-3-5-8-14)24-13-16-15(22(28)25(17)24)9-6-10-18(16)26/h3-11,13H,12H2,1-2H3. The van der Waals surface area contributed by atoms with Crippen LogP contribution in [0.15, 0.2) is 64.3 Å². The third kappa shape index (κ3) is 2.22. The van der Waals surface area contributed by atoms with Crippen molar-refractivity contribution in [2.75, 3.05) is 0 Å². The molecule has 0 radical (unpaired) electrons. The fourth-order valence-corrected chi connectivity index (χ4v) is 4.19. The molecule has 0 aliphatic heterocycles. The maximum atomic E-state index is 13.3. The molecule has 0 bridgehead atoms. The van der Waals surface area contributed by atoms with Gasteiger partial charge in [-0.25, -0.2) is 4.52 Å². The molecule has 1 aliphatic rings. The van der Waals surface area contributed by atoms with Gasteiger partial charge in [0.1, 0.15) is 0 Å². The van der Waals surface area contributed by atoms with Crippen molar-refractivity contribution in [3.63, 3.8) is 0 Å². The molecule has 0 fully saturated rings. The summed E-state index contributed by atoms with van der Waals surface area (Å²) in [5, 5.41) is 1.31. The highest BCUT2D eigenvalue weighted by Crippen LogP contribution is 2.32. The lowest BCUT2D eigenvalue weighted by Crippen LogP contribution is -2.35. The van der Waals surface area contributed by atoms with Crippen LogP contribution in [-0.2, 0) is 0 Å². The zero-order valence-electron chi connectivity index (χ0n) is 15.6. The lowest BCUT2D eigenvalue weighted by Gasteiger charge is -2.22. The summed E-state index contributed by atoms with van der Waals surface area (Å²) in [7, 11) is 0. The van der Waals surface area contributed by atoms with Gasteiger partial charge in [-0.15, -0.1) is 0 Å². The zero-order valence-corrected chi connectivity index (χ0v) is 15.6. The summed E-state index contributed by atoms with van der Waals surface area (Å²) in [5.74, 6) is 0.00311. The van der Waals surface area contributed by atoms with E-state index in [0.29, 0.717) is 33.8 Å². The molecular formula is C23H18N2O3. The third-order valence-electron chi connectivity index (χ3n) is 5.38. The minimum Gasteiger partial charge on any atom is -0.294 e. The first-order chi connectivity index (χ1) is 13.4. The van der Waals surface area contributed by atoms with Crippen molar-refractivity contribution in [2.45, 2.75) is 20.3 Å². The van der Waals surface area contributed by atoms with E-state index < -0.39 is 0 Å². The van der Waals surface area contributed by atoms with Crippen molar-refractivity contribution < 1.29 is 4.79 Å². The van der Waals surface area contributed by atoms with Gasteiger partial charge in [0, 0.05) is 18.2 Å².